The predicted octanol–water partition coefficient (Wildman–Crippen LogP) is 0.329. The van der Waals surface area contributed by atoms with Crippen molar-refractivity contribution in [1.29, 1.82) is 0 Å². The normalized spacial score (nSPS) is 54.0. The molecule has 0 aromatic carbocycles. The fourth-order valence-corrected chi connectivity index (χ4v) is 16.7. The van der Waals surface area contributed by atoms with E-state index in [0.29, 0.717) is 32.1 Å². The van der Waals surface area contributed by atoms with Crippen molar-refractivity contribution in [1.82, 2.24) is 0 Å². The zero-order valence-corrected chi connectivity index (χ0v) is 42.0. The zero-order valence-electron chi connectivity index (χ0n) is 42.0. The Labute approximate surface area is 409 Å². The molecule has 5 aliphatic carbocycles. The number of rotatable bonds is 11. The summed E-state index contributed by atoms with van der Waals surface area (Å²) in [5, 5.41) is 97.5. The number of hydrogen-bond acceptors (Lipinski definition) is 20. The largest absolute Gasteiger partial charge is 0.455 e. The molecule has 5 saturated carbocycles. The van der Waals surface area contributed by atoms with Gasteiger partial charge in [-0.2, -0.15) is 0 Å². The van der Waals surface area contributed by atoms with E-state index >= 15 is 0 Å². The number of fused-ring (bicyclic) bond motifs is 2. The van der Waals surface area contributed by atoms with Gasteiger partial charge in [0.15, 0.2) is 31.1 Å². The molecule has 9 rings (SSSR count). The van der Waals surface area contributed by atoms with Gasteiger partial charge in [0.05, 0.1) is 55.4 Å². The third kappa shape index (κ3) is 8.15. The summed E-state index contributed by atoms with van der Waals surface area (Å²) in [4.78, 5) is 24.6. The number of esters is 2. The number of aliphatic hydroxyl groups is 9. The van der Waals surface area contributed by atoms with Crippen LogP contribution in [0.15, 0.2) is 0 Å². The van der Waals surface area contributed by atoms with E-state index in [-0.39, 0.29) is 41.8 Å². The molecule has 0 aromatic rings. The Morgan fingerprint density at radius 2 is 1.30 bits per heavy atom. The van der Waals surface area contributed by atoms with E-state index in [0.717, 1.165) is 25.7 Å². The number of aliphatic hydroxyl groups excluding tert-OH is 9. The molecule has 25 unspecified atom stereocenters. The van der Waals surface area contributed by atoms with E-state index in [1.165, 1.54) is 13.8 Å². The van der Waals surface area contributed by atoms with Crippen molar-refractivity contribution >= 4 is 11.9 Å². The van der Waals surface area contributed by atoms with E-state index < -0.39 is 150 Å². The molecule has 4 heterocycles. The molecule has 0 bridgehead atoms. The lowest BCUT2D eigenvalue weighted by molar-refractivity contribution is -0.335. The van der Waals surface area contributed by atoms with Gasteiger partial charge in [-0.3, -0.25) is 9.59 Å². The predicted molar refractivity (Wildman–Crippen MR) is 239 cm³/mol. The standard InChI is InChI=1S/C50H80O20/c1-22(52)64-37-26(56)20-63-43(38(37)65-23(2)53)68-30-11-13-50-21-49(50)15-14-46(7)39(48(9)12-10-31(69-48)45(5,6)70-42-36(61)34(59)33(58)28(18-51)67-42)24(54)17-47(46,8)29(49)16-27(40(50)44(30,3)4)66-41-35(60)32(57)25(55)19-62-41/h24-43,51,54-61H,10-21H2,1-9H3. The number of ether oxygens (including phenoxy) is 9. The molecule has 4 aliphatic heterocycles. The lowest BCUT2D eigenvalue weighted by Crippen LogP contribution is -2.65. The Morgan fingerprint density at radius 3 is 1.97 bits per heavy atom. The van der Waals surface area contributed by atoms with Gasteiger partial charge in [-0.1, -0.05) is 27.7 Å². The van der Waals surface area contributed by atoms with Crippen LogP contribution in [0.5, 0.6) is 0 Å². The molecule has 9 N–H and O–H groups in total. The highest BCUT2D eigenvalue weighted by Crippen LogP contribution is 2.89. The lowest BCUT2D eigenvalue weighted by Gasteiger charge is -2.65. The van der Waals surface area contributed by atoms with Crippen molar-refractivity contribution in [2.75, 3.05) is 19.8 Å². The van der Waals surface area contributed by atoms with Crippen LogP contribution >= 0.6 is 0 Å². The fraction of sp³-hybridized carbons (Fsp3) is 0.960. The van der Waals surface area contributed by atoms with Gasteiger partial charge in [0.1, 0.15) is 48.8 Å². The van der Waals surface area contributed by atoms with E-state index in [1.807, 2.05) is 13.8 Å². The van der Waals surface area contributed by atoms with Crippen LogP contribution in [0.3, 0.4) is 0 Å². The highest BCUT2D eigenvalue weighted by Gasteiger charge is 2.85. The van der Waals surface area contributed by atoms with Crippen LogP contribution in [0.4, 0.5) is 0 Å². The first kappa shape index (κ1) is 53.1. The van der Waals surface area contributed by atoms with Gasteiger partial charge in [-0.15, -0.1) is 0 Å². The summed E-state index contributed by atoms with van der Waals surface area (Å²) in [6, 6.07) is 0. The summed E-state index contributed by atoms with van der Waals surface area (Å²) in [6.45, 7) is 15.9. The molecule has 9 aliphatic rings. The highest BCUT2D eigenvalue weighted by atomic mass is 16.7. The minimum Gasteiger partial charge on any atom is -0.455 e. The molecule has 9 fully saturated rings. The van der Waals surface area contributed by atoms with E-state index in [2.05, 4.69) is 34.6 Å². The van der Waals surface area contributed by atoms with Crippen molar-refractivity contribution in [3.8, 4) is 0 Å². The van der Waals surface area contributed by atoms with Crippen LogP contribution in [-0.4, -0.2) is 193 Å². The number of carbonyl (C=O) groups excluding carboxylic acids is 2. The molecule has 0 amide bonds. The monoisotopic (exact) mass is 1000 g/mol. The summed E-state index contributed by atoms with van der Waals surface area (Å²) in [6.07, 6.45) is -14.0. The van der Waals surface area contributed by atoms with Crippen molar-refractivity contribution in [3.05, 3.63) is 0 Å². The summed E-state index contributed by atoms with van der Waals surface area (Å²) < 4.78 is 56.0. The topological polar surface area (TPSA) is 299 Å². The minimum atomic E-state index is -1.60. The second-order valence-corrected chi connectivity index (χ2v) is 24.5. The van der Waals surface area contributed by atoms with Gasteiger partial charge in [-0.05, 0) is 117 Å². The molecule has 0 radical (unpaired) electrons. The Kier molecular flexibility index (Phi) is 13.9. The number of carbonyl (C=O) groups is 2. The van der Waals surface area contributed by atoms with Crippen LogP contribution in [0.25, 0.3) is 0 Å². The SMILES string of the molecule is CC(=O)OC1C(O)COC(OC2CCC34CC35CCC3(C)C(C6(C)CCC(C(C)(C)OC7OC(CO)C(O)C(O)C7O)O6)C(O)CC3(C)C5CC(OC3OCC(O)C(O)C3O)C4C2(C)C)C1OC(C)=O. The zero-order chi connectivity index (χ0) is 51.1. The van der Waals surface area contributed by atoms with Crippen LogP contribution in [0, 0.1) is 44.8 Å². The third-order valence-corrected chi connectivity index (χ3v) is 20.0. The molecular weight excluding hydrogens is 921 g/mol. The molecule has 400 valence electrons. The van der Waals surface area contributed by atoms with Crippen molar-refractivity contribution in [3.63, 3.8) is 0 Å². The second-order valence-electron chi connectivity index (χ2n) is 24.5. The van der Waals surface area contributed by atoms with Gasteiger partial charge in [-0.25, -0.2) is 0 Å². The third-order valence-electron chi connectivity index (χ3n) is 20.0. The van der Waals surface area contributed by atoms with Gasteiger partial charge in [0.25, 0.3) is 0 Å². The minimum absolute atomic E-state index is 0.0249. The average molecular weight is 1000 g/mol. The van der Waals surface area contributed by atoms with Crippen LogP contribution in [0.2, 0.25) is 0 Å². The maximum absolute atomic E-state index is 12.6. The van der Waals surface area contributed by atoms with Crippen molar-refractivity contribution in [2.45, 2.75) is 236 Å². The first-order valence-electron chi connectivity index (χ1n) is 25.6. The Hall–Kier alpha value is -1.70. The maximum atomic E-state index is 12.6. The lowest BCUT2D eigenvalue weighted by atomic mass is 9.41. The van der Waals surface area contributed by atoms with Crippen LogP contribution in [0.1, 0.15) is 120 Å². The summed E-state index contributed by atoms with van der Waals surface area (Å²) >= 11 is 0. The Balaban J connectivity index is 1.00. The summed E-state index contributed by atoms with van der Waals surface area (Å²) in [5.74, 6) is -1.83. The Morgan fingerprint density at radius 1 is 0.657 bits per heavy atom. The molecular formula is C50H80O20. The molecule has 2 spiro atoms. The van der Waals surface area contributed by atoms with Crippen LogP contribution in [-0.2, 0) is 52.2 Å². The smallest absolute Gasteiger partial charge is 0.303 e. The molecule has 4 saturated heterocycles. The van der Waals surface area contributed by atoms with Gasteiger partial charge in [0.2, 0.25) is 0 Å². The van der Waals surface area contributed by atoms with Gasteiger partial charge < -0.3 is 88.6 Å². The van der Waals surface area contributed by atoms with E-state index in [1.54, 1.807) is 0 Å². The molecule has 20 heteroatoms. The average Bonchev–Trinajstić information content (AvgIpc) is 3.64. The first-order chi connectivity index (χ1) is 32.6. The number of hydrogen-bond donors (Lipinski definition) is 9. The van der Waals surface area contributed by atoms with Gasteiger partial charge >= 0.3 is 11.9 Å². The fourth-order valence-electron chi connectivity index (χ4n) is 16.7. The van der Waals surface area contributed by atoms with E-state index in [9.17, 15) is 55.5 Å². The van der Waals surface area contributed by atoms with Crippen molar-refractivity contribution < 1.29 is 98.2 Å². The van der Waals surface area contributed by atoms with Gasteiger partial charge in [0, 0.05) is 19.8 Å². The second kappa shape index (κ2) is 18.3. The molecule has 0 aromatic heterocycles. The molecule has 25 atom stereocenters. The van der Waals surface area contributed by atoms with E-state index in [4.69, 9.17) is 42.6 Å². The maximum Gasteiger partial charge on any atom is 0.303 e. The Bertz CT molecular complexity index is 1950. The molecule has 70 heavy (non-hydrogen) atoms. The first-order valence-corrected chi connectivity index (χ1v) is 25.6. The van der Waals surface area contributed by atoms with Crippen molar-refractivity contribution in [2.24, 2.45) is 44.8 Å². The quantitative estimate of drug-likeness (QED) is 0.0995. The molecule has 20 nitrogen and oxygen atoms in total. The summed E-state index contributed by atoms with van der Waals surface area (Å²) in [7, 11) is 0. The van der Waals surface area contributed by atoms with Crippen LogP contribution < -0.4 is 0 Å². The summed E-state index contributed by atoms with van der Waals surface area (Å²) in [5.41, 5.74) is -3.89. The highest BCUT2D eigenvalue weighted by molar-refractivity contribution is 5.67.